The summed E-state index contributed by atoms with van der Waals surface area (Å²) < 4.78 is 5.92. The monoisotopic (exact) mass is 428 g/mol. The molecule has 2 heterocycles. The number of hydrazone groups is 1. The summed E-state index contributed by atoms with van der Waals surface area (Å²) in [5.74, 6) is 2.41. The summed E-state index contributed by atoms with van der Waals surface area (Å²) in [7, 11) is 0. The van der Waals surface area contributed by atoms with Gasteiger partial charge in [0.1, 0.15) is 17.2 Å². The molecule has 1 atom stereocenters. The lowest BCUT2D eigenvalue weighted by atomic mass is 10.0. The van der Waals surface area contributed by atoms with E-state index in [1.165, 1.54) is 6.08 Å². The second kappa shape index (κ2) is 9.64. The molecule has 2 aromatic carbocycles. The van der Waals surface area contributed by atoms with E-state index in [4.69, 9.17) is 14.8 Å². The van der Waals surface area contributed by atoms with Crippen LogP contribution in [0.5, 0.6) is 11.5 Å². The van der Waals surface area contributed by atoms with Crippen LogP contribution in [0.4, 0.5) is 0 Å². The zero-order chi connectivity index (χ0) is 22.5. The Bertz CT molecular complexity index is 1070. The SMILES string of the molecule is C=CC(=O)N1CCC(N2N=C(c3ccc(Oc4ccccc4)cc3)/C(=C/C)C2=NCC)C1. The number of hydrogen-bond donors (Lipinski definition) is 0. The molecule has 1 amide bonds. The van der Waals surface area contributed by atoms with Gasteiger partial charge in [0, 0.05) is 30.8 Å². The molecule has 2 aliphatic rings. The zero-order valence-electron chi connectivity index (χ0n) is 18.6. The van der Waals surface area contributed by atoms with Gasteiger partial charge in [-0.1, -0.05) is 30.9 Å². The molecule has 0 radical (unpaired) electrons. The number of carbonyl (C=O) groups is 1. The summed E-state index contributed by atoms with van der Waals surface area (Å²) in [4.78, 5) is 18.6. The van der Waals surface area contributed by atoms with Crippen LogP contribution in [0.15, 0.2) is 89.0 Å². The number of amides is 1. The second-order valence-corrected chi connectivity index (χ2v) is 7.66. The number of ether oxygens (including phenoxy) is 1. The van der Waals surface area contributed by atoms with Crippen LogP contribution in [-0.4, -0.2) is 53.0 Å². The first-order valence-electron chi connectivity index (χ1n) is 11.0. The minimum Gasteiger partial charge on any atom is -0.457 e. The molecule has 2 aliphatic heterocycles. The average molecular weight is 429 g/mol. The third-order valence-corrected chi connectivity index (χ3v) is 5.62. The van der Waals surface area contributed by atoms with Crippen molar-refractivity contribution >= 4 is 17.5 Å². The van der Waals surface area contributed by atoms with Crippen molar-refractivity contribution in [2.45, 2.75) is 26.3 Å². The number of carbonyl (C=O) groups excluding carboxylic acids is 1. The quantitative estimate of drug-likeness (QED) is 0.630. The number of para-hydroxylation sites is 1. The van der Waals surface area contributed by atoms with Crippen LogP contribution in [0.2, 0.25) is 0 Å². The standard InChI is InChI=1S/C26H28N4O2/c1-4-23-25(19-12-14-22(15-13-19)32-21-10-8-7-9-11-21)28-30(26(23)27-6-3)20-16-17-29(18-20)24(31)5-2/h4-5,7-15,20H,2,6,16-18H2,1,3H3/b23-4-,27-26?. The van der Waals surface area contributed by atoms with Gasteiger partial charge in [-0.2, -0.15) is 5.10 Å². The van der Waals surface area contributed by atoms with Crippen molar-refractivity contribution in [1.29, 1.82) is 0 Å². The fourth-order valence-corrected chi connectivity index (χ4v) is 4.06. The molecule has 0 N–H and O–H groups in total. The Morgan fingerprint density at radius 3 is 2.56 bits per heavy atom. The van der Waals surface area contributed by atoms with Gasteiger partial charge in [0.15, 0.2) is 5.84 Å². The molecular weight excluding hydrogens is 400 g/mol. The van der Waals surface area contributed by atoms with Crippen LogP contribution in [-0.2, 0) is 4.79 Å². The summed E-state index contributed by atoms with van der Waals surface area (Å²) in [6.07, 6.45) is 4.28. The van der Waals surface area contributed by atoms with Crippen LogP contribution >= 0.6 is 0 Å². The topological polar surface area (TPSA) is 57.5 Å². The van der Waals surface area contributed by atoms with Crippen molar-refractivity contribution in [3.8, 4) is 11.5 Å². The summed E-state index contributed by atoms with van der Waals surface area (Å²) in [6.45, 7) is 9.62. The molecule has 32 heavy (non-hydrogen) atoms. The molecule has 4 rings (SSSR count). The number of nitrogens with zero attached hydrogens (tertiary/aromatic N) is 4. The second-order valence-electron chi connectivity index (χ2n) is 7.66. The van der Waals surface area contributed by atoms with E-state index in [0.29, 0.717) is 19.6 Å². The van der Waals surface area contributed by atoms with E-state index in [2.05, 4.69) is 12.7 Å². The van der Waals surface area contributed by atoms with Crippen molar-refractivity contribution in [1.82, 2.24) is 9.91 Å². The molecule has 0 bridgehead atoms. The molecule has 0 aromatic heterocycles. The van der Waals surface area contributed by atoms with Gasteiger partial charge in [-0.3, -0.25) is 9.79 Å². The van der Waals surface area contributed by atoms with E-state index >= 15 is 0 Å². The first-order valence-corrected chi connectivity index (χ1v) is 11.0. The van der Waals surface area contributed by atoms with Crippen LogP contribution in [0.1, 0.15) is 25.8 Å². The number of hydrogen-bond acceptors (Lipinski definition) is 4. The van der Waals surface area contributed by atoms with E-state index in [9.17, 15) is 4.79 Å². The number of aliphatic imine (C=N–C) groups is 1. The van der Waals surface area contributed by atoms with Gasteiger partial charge in [-0.25, -0.2) is 5.01 Å². The van der Waals surface area contributed by atoms with Gasteiger partial charge in [-0.15, -0.1) is 0 Å². The Hall–Kier alpha value is -3.67. The number of allylic oxidation sites excluding steroid dienone is 1. The van der Waals surface area contributed by atoms with Crippen molar-refractivity contribution in [2.24, 2.45) is 10.1 Å². The smallest absolute Gasteiger partial charge is 0.246 e. The molecule has 1 saturated heterocycles. The van der Waals surface area contributed by atoms with Crippen molar-refractivity contribution in [3.63, 3.8) is 0 Å². The molecule has 0 spiro atoms. The van der Waals surface area contributed by atoms with Gasteiger partial charge < -0.3 is 9.64 Å². The van der Waals surface area contributed by atoms with E-state index in [-0.39, 0.29) is 11.9 Å². The largest absolute Gasteiger partial charge is 0.457 e. The maximum absolute atomic E-state index is 12.1. The summed E-state index contributed by atoms with van der Waals surface area (Å²) in [6, 6.07) is 17.8. The fourth-order valence-electron chi connectivity index (χ4n) is 4.06. The Morgan fingerprint density at radius 2 is 1.91 bits per heavy atom. The number of rotatable bonds is 6. The molecule has 0 aliphatic carbocycles. The zero-order valence-corrected chi connectivity index (χ0v) is 18.6. The van der Waals surface area contributed by atoms with Crippen LogP contribution < -0.4 is 4.74 Å². The van der Waals surface area contributed by atoms with Crippen LogP contribution in [0.3, 0.4) is 0 Å². The van der Waals surface area contributed by atoms with Gasteiger partial charge in [0.05, 0.1) is 6.04 Å². The molecule has 164 valence electrons. The maximum Gasteiger partial charge on any atom is 0.246 e. The molecule has 6 nitrogen and oxygen atoms in total. The Labute approximate surface area is 189 Å². The highest BCUT2D eigenvalue weighted by Gasteiger charge is 2.37. The predicted molar refractivity (Wildman–Crippen MR) is 128 cm³/mol. The van der Waals surface area contributed by atoms with E-state index < -0.39 is 0 Å². The number of likely N-dealkylation sites (tertiary alicyclic amines) is 1. The van der Waals surface area contributed by atoms with E-state index in [0.717, 1.165) is 40.6 Å². The van der Waals surface area contributed by atoms with Gasteiger partial charge in [-0.05, 0) is 62.7 Å². The fraction of sp³-hybridized carbons (Fsp3) is 0.269. The Morgan fingerprint density at radius 1 is 1.19 bits per heavy atom. The Balaban J connectivity index is 1.59. The average Bonchev–Trinajstić information content (AvgIpc) is 3.45. The van der Waals surface area contributed by atoms with E-state index in [1.54, 1.807) is 0 Å². The molecular formula is C26H28N4O2. The third-order valence-electron chi connectivity index (χ3n) is 5.62. The van der Waals surface area contributed by atoms with Crippen molar-refractivity contribution in [2.75, 3.05) is 19.6 Å². The number of benzene rings is 2. The lowest BCUT2D eigenvalue weighted by molar-refractivity contribution is -0.125. The van der Waals surface area contributed by atoms with Crippen LogP contribution in [0, 0.1) is 0 Å². The minimum atomic E-state index is -0.0369. The first-order chi connectivity index (χ1) is 15.6. The summed E-state index contributed by atoms with van der Waals surface area (Å²) >= 11 is 0. The summed E-state index contributed by atoms with van der Waals surface area (Å²) in [5.41, 5.74) is 2.90. The predicted octanol–water partition coefficient (Wildman–Crippen LogP) is 4.65. The molecule has 6 heteroatoms. The maximum atomic E-state index is 12.1. The van der Waals surface area contributed by atoms with Crippen molar-refractivity contribution < 1.29 is 9.53 Å². The molecule has 0 saturated carbocycles. The van der Waals surface area contributed by atoms with Crippen molar-refractivity contribution in [3.05, 3.63) is 84.5 Å². The minimum absolute atomic E-state index is 0.0369. The molecule has 1 fully saturated rings. The lowest BCUT2D eigenvalue weighted by Crippen LogP contribution is -2.37. The third kappa shape index (κ3) is 4.35. The molecule has 2 aromatic rings. The highest BCUT2D eigenvalue weighted by molar-refractivity contribution is 6.32. The lowest BCUT2D eigenvalue weighted by Gasteiger charge is -2.23. The van der Waals surface area contributed by atoms with E-state index in [1.807, 2.05) is 78.4 Å². The molecule has 1 unspecified atom stereocenters. The normalized spacial score (nSPS) is 20.7. The highest BCUT2D eigenvalue weighted by Crippen LogP contribution is 2.29. The van der Waals surface area contributed by atoms with Crippen LogP contribution in [0.25, 0.3) is 0 Å². The summed E-state index contributed by atoms with van der Waals surface area (Å²) in [5, 5.41) is 6.97. The first kappa shape index (κ1) is 21.6. The van der Waals surface area contributed by atoms with Gasteiger partial charge >= 0.3 is 0 Å². The highest BCUT2D eigenvalue weighted by atomic mass is 16.5. The Kier molecular flexibility index (Phi) is 6.50. The number of amidine groups is 1. The van der Waals surface area contributed by atoms with Gasteiger partial charge in [0.25, 0.3) is 0 Å². The van der Waals surface area contributed by atoms with Gasteiger partial charge in [0.2, 0.25) is 5.91 Å².